The van der Waals surface area contributed by atoms with E-state index >= 15 is 0 Å². The van der Waals surface area contributed by atoms with Crippen LogP contribution in [0.2, 0.25) is 0 Å². The van der Waals surface area contributed by atoms with Crippen LogP contribution in [-0.4, -0.2) is 55.8 Å². The van der Waals surface area contributed by atoms with Crippen LogP contribution in [0.4, 0.5) is 4.39 Å². The second kappa shape index (κ2) is 14.5. The number of sulfone groups is 1. The summed E-state index contributed by atoms with van der Waals surface area (Å²) in [5.74, 6) is -0.122. The lowest BCUT2D eigenvalue weighted by molar-refractivity contribution is -0.143. The molecule has 3 atom stereocenters. The van der Waals surface area contributed by atoms with Crippen molar-refractivity contribution in [2.24, 2.45) is 29.6 Å². The molecule has 6 nitrogen and oxygen atoms in total. The Bertz CT molecular complexity index is 1400. The van der Waals surface area contributed by atoms with Gasteiger partial charge in [-0.1, -0.05) is 81.5 Å². The van der Waals surface area contributed by atoms with Gasteiger partial charge in [0.15, 0.2) is 21.4 Å². The SMILES string of the molecule is C[C@H](CF)C1CCC(C(=O)N2CC[C@@H](C3CCCCC3)[C@H]2C(=O)Cc2ccc(C(=O)CS(=O)(=O)c3ccccc3)cc2)CC1. The van der Waals surface area contributed by atoms with Crippen molar-refractivity contribution >= 4 is 27.3 Å². The first-order valence-corrected chi connectivity index (χ1v) is 18.1. The van der Waals surface area contributed by atoms with Gasteiger partial charge in [0.25, 0.3) is 0 Å². The van der Waals surface area contributed by atoms with Crippen LogP contribution in [0.1, 0.15) is 87.1 Å². The van der Waals surface area contributed by atoms with E-state index in [1.165, 1.54) is 31.4 Å². The number of rotatable bonds is 11. The van der Waals surface area contributed by atoms with Crippen LogP contribution < -0.4 is 0 Å². The summed E-state index contributed by atoms with van der Waals surface area (Å²) < 4.78 is 38.6. The highest BCUT2D eigenvalue weighted by molar-refractivity contribution is 7.92. The molecule has 3 fully saturated rings. The number of benzene rings is 2. The molecule has 1 saturated heterocycles. The molecular weight excluding hydrogens is 577 g/mol. The highest BCUT2D eigenvalue weighted by Crippen LogP contribution is 2.42. The van der Waals surface area contributed by atoms with Crippen molar-refractivity contribution in [3.63, 3.8) is 0 Å². The maximum Gasteiger partial charge on any atom is 0.226 e. The summed E-state index contributed by atoms with van der Waals surface area (Å²) in [6.07, 6.45) is 10.0. The number of nitrogens with zero attached hydrogens (tertiary/aromatic N) is 1. The Morgan fingerprint density at radius 1 is 0.864 bits per heavy atom. The Labute approximate surface area is 261 Å². The molecule has 1 heterocycles. The summed E-state index contributed by atoms with van der Waals surface area (Å²) in [5.41, 5.74) is 1.04. The summed E-state index contributed by atoms with van der Waals surface area (Å²) in [6.45, 7) is 2.24. The molecular formula is C36H46FNO5S. The lowest BCUT2D eigenvalue weighted by Crippen LogP contribution is -2.48. The van der Waals surface area contributed by atoms with Gasteiger partial charge in [0.1, 0.15) is 5.75 Å². The largest absolute Gasteiger partial charge is 0.332 e. The van der Waals surface area contributed by atoms with Gasteiger partial charge < -0.3 is 4.90 Å². The van der Waals surface area contributed by atoms with Gasteiger partial charge in [-0.25, -0.2) is 8.42 Å². The van der Waals surface area contributed by atoms with E-state index in [9.17, 15) is 27.2 Å². The maximum atomic E-state index is 14.0. The second-order valence-corrected chi connectivity index (χ2v) is 15.4. The van der Waals surface area contributed by atoms with Gasteiger partial charge in [0, 0.05) is 24.4 Å². The Morgan fingerprint density at radius 2 is 1.52 bits per heavy atom. The third kappa shape index (κ3) is 7.49. The summed E-state index contributed by atoms with van der Waals surface area (Å²) in [6, 6.07) is 14.1. The number of hydrogen-bond acceptors (Lipinski definition) is 5. The number of amides is 1. The Balaban J connectivity index is 1.27. The Morgan fingerprint density at radius 3 is 2.16 bits per heavy atom. The van der Waals surface area contributed by atoms with Crippen molar-refractivity contribution in [1.29, 1.82) is 0 Å². The molecule has 8 heteroatoms. The summed E-state index contributed by atoms with van der Waals surface area (Å²) in [4.78, 5) is 42.7. The van der Waals surface area contributed by atoms with Gasteiger partial charge in [0.05, 0.1) is 17.6 Å². The minimum absolute atomic E-state index is 0.0257. The van der Waals surface area contributed by atoms with Gasteiger partial charge >= 0.3 is 0 Å². The number of carbonyl (C=O) groups excluding carboxylic acids is 3. The molecule has 0 unspecified atom stereocenters. The first kappa shape index (κ1) is 32.5. The van der Waals surface area contributed by atoms with Gasteiger partial charge in [-0.05, 0) is 73.5 Å². The summed E-state index contributed by atoms with van der Waals surface area (Å²) in [7, 11) is -3.76. The molecule has 44 heavy (non-hydrogen) atoms. The zero-order valence-electron chi connectivity index (χ0n) is 25.8. The fraction of sp³-hybridized carbons (Fsp3) is 0.583. The minimum Gasteiger partial charge on any atom is -0.332 e. The predicted molar refractivity (Wildman–Crippen MR) is 169 cm³/mol. The van der Waals surface area contributed by atoms with Crippen LogP contribution >= 0.6 is 0 Å². The topological polar surface area (TPSA) is 88.6 Å². The minimum atomic E-state index is -3.76. The Hall–Kier alpha value is -2.87. The number of carbonyl (C=O) groups is 3. The summed E-state index contributed by atoms with van der Waals surface area (Å²) in [5, 5.41) is 0. The first-order valence-electron chi connectivity index (χ1n) is 16.5. The fourth-order valence-electron chi connectivity index (χ4n) is 7.91. The monoisotopic (exact) mass is 623 g/mol. The standard InChI is InChI=1S/C36H46FNO5S/c1-25(23-37)27-16-18-30(19-17-27)36(41)38-21-20-32(28-8-4-2-5-9-28)35(38)33(39)22-26-12-14-29(15-13-26)34(40)24-44(42,43)31-10-6-3-7-11-31/h3,6-7,10-15,25,27-28,30,32,35H,2,4-5,8-9,16-24H2,1H3/t25-,27?,30?,32+,35+/m1/s1. The van der Waals surface area contributed by atoms with Crippen molar-refractivity contribution in [3.05, 3.63) is 65.7 Å². The van der Waals surface area contributed by atoms with E-state index in [-0.39, 0.29) is 53.0 Å². The zero-order chi connectivity index (χ0) is 31.3. The van der Waals surface area contributed by atoms with E-state index in [1.54, 1.807) is 42.5 Å². The van der Waals surface area contributed by atoms with Crippen LogP contribution in [0, 0.1) is 29.6 Å². The van der Waals surface area contributed by atoms with Crippen molar-refractivity contribution < 1.29 is 27.2 Å². The van der Waals surface area contributed by atoms with Crippen LogP contribution in [0.3, 0.4) is 0 Å². The van der Waals surface area contributed by atoms with Crippen LogP contribution in [0.15, 0.2) is 59.5 Å². The second-order valence-electron chi connectivity index (χ2n) is 13.4. The zero-order valence-corrected chi connectivity index (χ0v) is 26.7. The molecule has 0 N–H and O–H groups in total. The average molecular weight is 624 g/mol. The Kier molecular flexibility index (Phi) is 10.7. The molecule has 2 aromatic rings. The molecule has 0 radical (unpaired) electrons. The molecule has 0 bridgehead atoms. The molecule has 1 aliphatic heterocycles. The van der Waals surface area contributed by atoms with Crippen LogP contribution in [0.5, 0.6) is 0 Å². The lowest BCUT2D eigenvalue weighted by Gasteiger charge is -2.37. The summed E-state index contributed by atoms with van der Waals surface area (Å²) >= 11 is 0. The van der Waals surface area contributed by atoms with Crippen LogP contribution in [-0.2, 0) is 25.8 Å². The van der Waals surface area contributed by atoms with Gasteiger partial charge in [-0.3, -0.25) is 18.8 Å². The third-order valence-electron chi connectivity index (χ3n) is 10.6. The smallest absolute Gasteiger partial charge is 0.226 e. The van der Waals surface area contributed by atoms with E-state index in [0.717, 1.165) is 50.5 Å². The van der Waals surface area contributed by atoms with E-state index in [2.05, 4.69) is 0 Å². The number of likely N-dealkylation sites (tertiary alicyclic amines) is 1. The van der Waals surface area contributed by atoms with E-state index in [1.807, 2.05) is 11.8 Å². The average Bonchev–Trinajstić information content (AvgIpc) is 3.50. The van der Waals surface area contributed by atoms with Crippen molar-refractivity contribution in [3.8, 4) is 0 Å². The molecule has 2 saturated carbocycles. The van der Waals surface area contributed by atoms with Crippen molar-refractivity contribution in [2.75, 3.05) is 19.0 Å². The molecule has 2 aromatic carbocycles. The van der Waals surface area contributed by atoms with E-state index in [0.29, 0.717) is 18.4 Å². The normalized spacial score (nSPS) is 25.5. The molecule has 5 rings (SSSR count). The maximum absolute atomic E-state index is 14.0. The molecule has 1 amide bonds. The van der Waals surface area contributed by atoms with Gasteiger partial charge in [-0.15, -0.1) is 0 Å². The molecule has 0 aromatic heterocycles. The lowest BCUT2D eigenvalue weighted by atomic mass is 9.74. The first-order chi connectivity index (χ1) is 21.2. The van der Waals surface area contributed by atoms with Crippen molar-refractivity contribution in [2.45, 2.75) is 88.5 Å². The number of halogens is 1. The van der Waals surface area contributed by atoms with Crippen LogP contribution in [0.25, 0.3) is 0 Å². The highest BCUT2D eigenvalue weighted by Gasteiger charge is 2.46. The number of alkyl halides is 1. The highest BCUT2D eigenvalue weighted by atomic mass is 32.2. The molecule has 3 aliphatic rings. The van der Waals surface area contributed by atoms with Gasteiger partial charge in [0.2, 0.25) is 5.91 Å². The quantitative estimate of drug-likeness (QED) is 0.261. The fourth-order valence-corrected chi connectivity index (χ4v) is 9.16. The van der Waals surface area contributed by atoms with E-state index in [4.69, 9.17) is 0 Å². The predicted octanol–water partition coefficient (Wildman–Crippen LogP) is 6.66. The third-order valence-corrected chi connectivity index (χ3v) is 12.2. The molecule has 238 valence electrons. The van der Waals surface area contributed by atoms with Crippen molar-refractivity contribution in [1.82, 2.24) is 4.90 Å². The number of Topliss-reactive ketones (excluding diaryl/α,β-unsaturated/α-hetero) is 2. The number of hydrogen-bond donors (Lipinski definition) is 0. The molecule has 2 aliphatic carbocycles. The van der Waals surface area contributed by atoms with E-state index < -0.39 is 27.4 Å². The van der Waals surface area contributed by atoms with Gasteiger partial charge in [-0.2, -0.15) is 0 Å². The molecule has 0 spiro atoms. The number of ketones is 2.